The molecule has 100 valence electrons. The summed E-state index contributed by atoms with van der Waals surface area (Å²) in [6.07, 6.45) is 1.32. The van der Waals surface area contributed by atoms with Crippen molar-refractivity contribution in [1.82, 2.24) is 9.88 Å². The minimum absolute atomic E-state index is 0.0150. The Kier molecular flexibility index (Phi) is 4.27. The molecule has 2 rings (SSSR count). The molecular weight excluding hydrogens is 233 g/mol. The maximum absolute atomic E-state index is 12.8. The number of rotatable bonds is 3. The van der Waals surface area contributed by atoms with E-state index >= 15 is 0 Å². The second-order valence-electron chi connectivity index (χ2n) is 4.84. The summed E-state index contributed by atoms with van der Waals surface area (Å²) in [6, 6.07) is 3.34. The van der Waals surface area contributed by atoms with Crippen LogP contribution in [0.1, 0.15) is 25.6 Å². The molecule has 0 saturated carbocycles. The number of morpholine rings is 1. The Morgan fingerprint density at radius 3 is 2.89 bits per heavy atom. The molecule has 0 bridgehead atoms. The van der Waals surface area contributed by atoms with Gasteiger partial charge < -0.3 is 10.5 Å². The summed E-state index contributed by atoms with van der Waals surface area (Å²) in [6.45, 7) is 6.35. The van der Waals surface area contributed by atoms with Crippen molar-refractivity contribution in [3.8, 4) is 0 Å². The molecule has 1 fully saturated rings. The maximum Gasteiger partial charge on any atom is 0.141 e. The van der Waals surface area contributed by atoms with Gasteiger partial charge >= 0.3 is 0 Å². The van der Waals surface area contributed by atoms with Crippen LogP contribution >= 0.6 is 0 Å². The van der Waals surface area contributed by atoms with Crippen molar-refractivity contribution in [2.45, 2.75) is 32.0 Å². The summed E-state index contributed by atoms with van der Waals surface area (Å²) in [5.74, 6) is -0.304. The molecular formula is C13H20FN3O. The second-order valence-corrected chi connectivity index (χ2v) is 4.84. The van der Waals surface area contributed by atoms with Crippen LogP contribution < -0.4 is 5.73 Å². The summed E-state index contributed by atoms with van der Waals surface area (Å²) in [7, 11) is 0. The van der Waals surface area contributed by atoms with Crippen LogP contribution in [0, 0.1) is 5.82 Å². The highest BCUT2D eigenvalue weighted by molar-refractivity contribution is 5.09. The lowest BCUT2D eigenvalue weighted by Gasteiger charge is -2.38. The Morgan fingerprint density at radius 1 is 1.50 bits per heavy atom. The van der Waals surface area contributed by atoms with Crippen LogP contribution in [0.2, 0.25) is 0 Å². The smallest absolute Gasteiger partial charge is 0.141 e. The SMILES string of the molecule is CC(N)C1CN(C(C)c2ccc(F)cn2)CCO1. The zero-order chi connectivity index (χ0) is 13.1. The Hall–Kier alpha value is -1.04. The third-order valence-electron chi connectivity index (χ3n) is 3.44. The van der Waals surface area contributed by atoms with Crippen molar-refractivity contribution in [3.05, 3.63) is 29.8 Å². The van der Waals surface area contributed by atoms with Crippen molar-refractivity contribution < 1.29 is 9.13 Å². The van der Waals surface area contributed by atoms with E-state index in [1.54, 1.807) is 6.07 Å². The molecule has 4 nitrogen and oxygen atoms in total. The standard InChI is InChI=1S/C13H20FN3O/c1-9(15)13-8-17(5-6-18-13)10(2)12-4-3-11(14)7-16-12/h3-4,7,9-10,13H,5-6,8,15H2,1-2H3. The van der Waals surface area contributed by atoms with Crippen LogP contribution in [-0.2, 0) is 4.74 Å². The fourth-order valence-corrected chi connectivity index (χ4v) is 2.19. The minimum Gasteiger partial charge on any atom is -0.374 e. The van der Waals surface area contributed by atoms with Gasteiger partial charge in [0.15, 0.2) is 0 Å². The molecule has 0 amide bonds. The highest BCUT2D eigenvalue weighted by Gasteiger charge is 2.27. The lowest BCUT2D eigenvalue weighted by Crippen LogP contribution is -2.50. The van der Waals surface area contributed by atoms with Gasteiger partial charge in [-0.2, -0.15) is 0 Å². The molecule has 2 N–H and O–H groups in total. The first-order chi connectivity index (χ1) is 8.58. The first-order valence-corrected chi connectivity index (χ1v) is 6.30. The van der Waals surface area contributed by atoms with Crippen molar-refractivity contribution >= 4 is 0 Å². The first kappa shape index (κ1) is 13.4. The highest BCUT2D eigenvalue weighted by atomic mass is 19.1. The van der Waals surface area contributed by atoms with Crippen molar-refractivity contribution in [1.29, 1.82) is 0 Å². The molecule has 1 aromatic heterocycles. The predicted octanol–water partition coefficient (Wildman–Crippen LogP) is 1.33. The van der Waals surface area contributed by atoms with E-state index in [0.29, 0.717) is 6.61 Å². The van der Waals surface area contributed by atoms with Gasteiger partial charge in [-0.05, 0) is 26.0 Å². The molecule has 3 atom stereocenters. The quantitative estimate of drug-likeness (QED) is 0.883. The Labute approximate surface area is 107 Å². The lowest BCUT2D eigenvalue weighted by molar-refractivity contribution is -0.0503. The molecule has 1 aromatic rings. The molecule has 1 aliphatic heterocycles. The van der Waals surface area contributed by atoms with Crippen LogP contribution in [0.15, 0.2) is 18.3 Å². The molecule has 0 radical (unpaired) electrons. The number of ether oxygens (including phenoxy) is 1. The molecule has 0 spiro atoms. The van der Waals surface area contributed by atoms with Crippen LogP contribution in [0.3, 0.4) is 0 Å². The van der Waals surface area contributed by atoms with Gasteiger partial charge in [-0.15, -0.1) is 0 Å². The molecule has 2 heterocycles. The number of nitrogens with two attached hydrogens (primary N) is 1. The Bertz CT molecular complexity index is 382. The van der Waals surface area contributed by atoms with Gasteiger partial charge in [0.2, 0.25) is 0 Å². The first-order valence-electron chi connectivity index (χ1n) is 6.30. The summed E-state index contributed by atoms with van der Waals surface area (Å²) < 4.78 is 18.5. The van der Waals surface area contributed by atoms with Crippen LogP contribution in [0.25, 0.3) is 0 Å². The van der Waals surface area contributed by atoms with E-state index < -0.39 is 0 Å². The zero-order valence-electron chi connectivity index (χ0n) is 10.8. The largest absolute Gasteiger partial charge is 0.374 e. The maximum atomic E-state index is 12.8. The number of nitrogens with zero attached hydrogens (tertiary/aromatic N) is 2. The number of hydrogen-bond donors (Lipinski definition) is 1. The second kappa shape index (κ2) is 5.73. The number of halogens is 1. The topological polar surface area (TPSA) is 51.4 Å². The average molecular weight is 253 g/mol. The summed E-state index contributed by atoms with van der Waals surface area (Å²) in [5, 5.41) is 0. The number of aromatic nitrogens is 1. The Morgan fingerprint density at radius 2 is 2.28 bits per heavy atom. The van der Waals surface area contributed by atoms with E-state index in [0.717, 1.165) is 18.8 Å². The highest BCUT2D eigenvalue weighted by Crippen LogP contribution is 2.21. The normalized spacial score (nSPS) is 24.8. The van der Waals surface area contributed by atoms with Crippen molar-refractivity contribution in [3.63, 3.8) is 0 Å². The molecule has 0 aliphatic carbocycles. The van der Waals surface area contributed by atoms with Gasteiger partial charge in [0.25, 0.3) is 0 Å². The molecule has 0 aromatic carbocycles. The summed E-state index contributed by atoms with van der Waals surface area (Å²) >= 11 is 0. The van der Waals surface area contributed by atoms with Gasteiger partial charge in [0.05, 0.1) is 24.6 Å². The monoisotopic (exact) mass is 253 g/mol. The van der Waals surface area contributed by atoms with E-state index in [1.807, 2.05) is 6.92 Å². The van der Waals surface area contributed by atoms with Gasteiger partial charge in [0.1, 0.15) is 5.82 Å². The zero-order valence-corrected chi connectivity index (χ0v) is 10.8. The van der Waals surface area contributed by atoms with Gasteiger partial charge in [-0.1, -0.05) is 0 Å². The molecule has 3 unspecified atom stereocenters. The summed E-state index contributed by atoms with van der Waals surface area (Å²) in [5.41, 5.74) is 6.75. The van der Waals surface area contributed by atoms with E-state index in [-0.39, 0.29) is 24.0 Å². The number of hydrogen-bond acceptors (Lipinski definition) is 4. The van der Waals surface area contributed by atoms with Crippen molar-refractivity contribution in [2.75, 3.05) is 19.7 Å². The third kappa shape index (κ3) is 3.04. The molecule has 1 saturated heterocycles. The van der Waals surface area contributed by atoms with Crippen LogP contribution in [-0.4, -0.2) is 41.7 Å². The summed E-state index contributed by atoms with van der Waals surface area (Å²) in [4.78, 5) is 6.41. The third-order valence-corrected chi connectivity index (χ3v) is 3.44. The van der Waals surface area contributed by atoms with Crippen LogP contribution in [0.5, 0.6) is 0 Å². The van der Waals surface area contributed by atoms with Crippen LogP contribution in [0.4, 0.5) is 4.39 Å². The lowest BCUT2D eigenvalue weighted by atomic mass is 10.1. The van der Waals surface area contributed by atoms with Gasteiger partial charge in [0, 0.05) is 25.2 Å². The van der Waals surface area contributed by atoms with E-state index in [1.165, 1.54) is 12.3 Å². The van der Waals surface area contributed by atoms with E-state index in [2.05, 4.69) is 16.8 Å². The molecule has 18 heavy (non-hydrogen) atoms. The minimum atomic E-state index is -0.304. The van der Waals surface area contributed by atoms with Gasteiger partial charge in [-0.25, -0.2) is 4.39 Å². The molecule has 5 heteroatoms. The van der Waals surface area contributed by atoms with Crippen molar-refractivity contribution in [2.24, 2.45) is 5.73 Å². The Balaban J connectivity index is 2.04. The fraction of sp³-hybridized carbons (Fsp3) is 0.615. The van der Waals surface area contributed by atoms with E-state index in [4.69, 9.17) is 10.5 Å². The fourth-order valence-electron chi connectivity index (χ4n) is 2.19. The molecule has 1 aliphatic rings. The average Bonchev–Trinajstić information content (AvgIpc) is 2.39. The van der Waals surface area contributed by atoms with E-state index in [9.17, 15) is 4.39 Å². The van der Waals surface area contributed by atoms with Gasteiger partial charge in [-0.3, -0.25) is 9.88 Å². The predicted molar refractivity (Wildman–Crippen MR) is 67.6 cm³/mol. The number of pyridine rings is 1.